The van der Waals surface area contributed by atoms with Crippen LogP contribution in [0, 0.1) is 0 Å². The number of rotatable bonds is 3. The van der Waals surface area contributed by atoms with Crippen LogP contribution in [0.4, 0.5) is 16.4 Å². The fourth-order valence-corrected chi connectivity index (χ4v) is 2.44. The van der Waals surface area contributed by atoms with Crippen molar-refractivity contribution in [3.8, 4) is 16.3 Å². The van der Waals surface area contributed by atoms with Gasteiger partial charge >= 0.3 is 6.03 Å². The smallest absolute Gasteiger partial charge is 0.326 e. The average molecular weight is 313 g/mol. The average Bonchev–Trinajstić information content (AvgIpc) is 2.99. The van der Waals surface area contributed by atoms with E-state index in [2.05, 4.69) is 25.6 Å². The molecule has 3 aromatic heterocycles. The molecule has 3 N–H and O–H groups in total. The molecule has 0 saturated heterocycles. The van der Waals surface area contributed by atoms with Crippen molar-refractivity contribution in [2.24, 2.45) is 0 Å². The summed E-state index contributed by atoms with van der Waals surface area (Å²) < 4.78 is 0. The molecule has 0 aliphatic heterocycles. The van der Waals surface area contributed by atoms with E-state index >= 15 is 0 Å². The van der Waals surface area contributed by atoms with E-state index in [0.717, 1.165) is 10.6 Å². The van der Waals surface area contributed by atoms with E-state index in [1.54, 1.807) is 23.8 Å². The van der Waals surface area contributed by atoms with E-state index in [4.69, 9.17) is 0 Å². The largest absolute Gasteiger partial charge is 0.504 e. The fourth-order valence-electron chi connectivity index (χ4n) is 1.70. The first-order chi connectivity index (χ1) is 10.7. The van der Waals surface area contributed by atoms with Gasteiger partial charge in [-0.2, -0.15) is 0 Å². The van der Waals surface area contributed by atoms with E-state index in [0.29, 0.717) is 5.82 Å². The van der Waals surface area contributed by atoms with Gasteiger partial charge in [0.25, 0.3) is 0 Å². The predicted octanol–water partition coefficient (Wildman–Crippen LogP) is 2.95. The van der Waals surface area contributed by atoms with Crippen LogP contribution in [-0.4, -0.2) is 26.1 Å². The number of anilines is 2. The van der Waals surface area contributed by atoms with Gasteiger partial charge in [0.2, 0.25) is 0 Å². The number of aromatic hydroxyl groups is 1. The summed E-state index contributed by atoms with van der Waals surface area (Å²) in [5.74, 6) is 0.395. The molecule has 0 bridgehead atoms. The molecule has 0 aliphatic rings. The van der Waals surface area contributed by atoms with Gasteiger partial charge in [-0.25, -0.2) is 14.8 Å². The second-order valence-electron chi connectivity index (χ2n) is 4.23. The Morgan fingerprint density at radius 3 is 2.82 bits per heavy atom. The molecule has 0 radical (unpaired) electrons. The number of amides is 2. The minimum atomic E-state index is -0.531. The van der Waals surface area contributed by atoms with Crippen LogP contribution in [0.1, 0.15) is 0 Å². The van der Waals surface area contributed by atoms with Crippen molar-refractivity contribution in [3.63, 3.8) is 0 Å². The second kappa shape index (κ2) is 6.19. The SMILES string of the molecule is O=C(Nc1csc(-c2cccnc2)n1)Nc1ncccc1O. The molecule has 0 aromatic carbocycles. The molecule has 2 amide bonds. The van der Waals surface area contributed by atoms with Crippen molar-refractivity contribution in [2.45, 2.75) is 0 Å². The second-order valence-corrected chi connectivity index (χ2v) is 5.09. The Labute approximate surface area is 129 Å². The summed E-state index contributed by atoms with van der Waals surface area (Å²) in [5.41, 5.74) is 0.878. The molecule has 3 aromatic rings. The number of hydrogen-bond acceptors (Lipinski definition) is 6. The molecule has 0 unspecified atom stereocenters. The third-order valence-electron chi connectivity index (χ3n) is 2.67. The molecule has 22 heavy (non-hydrogen) atoms. The van der Waals surface area contributed by atoms with E-state index in [1.807, 2.05) is 12.1 Å². The van der Waals surface area contributed by atoms with Gasteiger partial charge in [-0.3, -0.25) is 15.6 Å². The lowest BCUT2D eigenvalue weighted by Gasteiger charge is -2.05. The van der Waals surface area contributed by atoms with Gasteiger partial charge in [0, 0.05) is 29.5 Å². The monoisotopic (exact) mass is 313 g/mol. The maximum Gasteiger partial charge on any atom is 0.326 e. The zero-order valence-electron chi connectivity index (χ0n) is 11.2. The molecule has 0 aliphatic carbocycles. The molecule has 8 heteroatoms. The first-order valence-corrected chi connectivity index (χ1v) is 7.18. The first-order valence-electron chi connectivity index (χ1n) is 6.30. The Bertz CT molecular complexity index is 791. The van der Waals surface area contributed by atoms with Gasteiger partial charge in [-0.05, 0) is 24.3 Å². The van der Waals surface area contributed by atoms with E-state index in [9.17, 15) is 9.90 Å². The minimum absolute atomic E-state index is 0.0858. The highest BCUT2D eigenvalue weighted by atomic mass is 32.1. The van der Waals surface area contributed by atoms with Crippen LogP contribution in [-0.2, 0) is 0 Å². The highest BCUT2D eigenvalue weighted by Gasteiger charge is 2.10. The van der Waals surface area contributed by atoms with Gasteiger partial charge in [-0.1, -0.05) is 0 Å². The topological polar surface area (TPSA) is 100 Å². The van der Waals surface area contributed by atoms with Crippen LogP contribution in [0.3, 0.4) is 0 Å². The summed E-state index contributed by atoms with van der Waals surface area (Å²) in [7, 11) is 0. The maximum absolute atomic E-state index is 11.9. The van der Waals surface area contributed by atoms with Crippen molar-refractivity contribution >= 4 is 29.0 Å². The zero-order chi connectivity index (χ0) is 15.4. The summed E-state index contributed by atoms with van der Waals surface area (Å²) in [4.78, 5) is 24.1. The van der Waals surface area contributed by atoms with Crippen molar-refractivity contribution < 1.29 is 9.90 Å². The van der Waals surface area contributed by atoms with Crippen LogP contribution < -0.4 is 10.6 Å². The molecule has 0 saturated carbocycles. The molecule has 0 spiro atoms. The Balaban J connectivity index is 1.68. The highest BCUT2D eigenvalue weighted by molar-refractivity contribution is 7.13. The van der Waals surface area contributed by atoms with Gasteiger partial charge in [0.15, 0.2) is 11.6 Å². The standard InChI is InChI=1S/C14H11N5O2S/c20-10-4-2-6-16-12(10)19-14(21)18-11-8-22-13(17-11)9-3-1-5-15-7-9/h1-8,20H,(H2,16,18,19,21). The quantitative estimate of drug-likeness (QED) is 0.690. The first kappa shape index (κ1) is 14.0. The summed E-state index contributed by atoms with van der Waals surface area (Å²) in [6, 6.07) is 6.18. The third kappa shape index (κ3) is 3.18. The minimum Gasteiger partial charge on any atom is -0.504 e. The number of carbonyl (C=O) groups is 1. The summed E-state index contributed by atoms with van der Waals surface area (Å²) in [6.07, 6.45) is 4.86. The number of pyridine rings is 2. The van der Waals surface area contributed by atoms with Crippen molar-refractivity contribution in [1.29, 1.82) is 0 Å². The van der Waals surface area contributed by atoms with Crippen LogP contribution in [0.25, 0.3) is 10.6 Å². The van der Waals surface area contributed by atoms with Gasteiger partial charge in [0.05, 0.1) is 0 Å². The van der Waals surface area contributed by atoms with Gasteiger partial charge in [-0.15, -0.1) is 11.3 Å². The Kier molecular flexibility index (Phi) is 3.92. The molecule has 0 fully saturated rings. The van der Waals surface area contributed by atoms with Gasteiger partial charge in [0.1, 0.15) is 10.8 Å². The number of hydrogen-bond donors (Lipinski definition) is 3. The van der Waals surface area contributed by atoms with E-state index < -0.39 is 6.03 Å². The lowest BCUT2D eigenvalue weighted by Crippen LogP contribution is -2.20. The van der Waals surface area contributed by atoms with Crippen LogP contribution in [0.2, 0.25) is 0 Å². The van der Waals surface area contributed by atoms with Crippen LogP contribution in [0.15, 0.2) is 48.2 Å². The number of nitrogens with one attached hydrogen (secondary N) is 2. The third-order valence-corrected chi connectivity index (χ3v) is 3.56. The summed E-state index contributed by atoms with van der Waals surface area (Å²) >= 11 is 1.40. The summed E-state index contributed by atoms with van der Waals surface area (Å²) in [6.45, 7) is 0. The molecule has 110 valence electrons. The Morgan fingerprint density at radius 2 is 2.05 bits per heavy atom. The molecular formula is C14H11N5O2S. The van der Waals surface area contributed by atoms with Crippen molar-refractivity contribution in [3.05, 3.63) is 48.2 Å². The van der Waals surface area contributed by atoms with Crippen LogP contribution in [0.5, 0.6) is 5.75 Å². The highest BCUT2D eigenvalue weighted by Crippen LogP contribution is 2.25. The molecule has 3 rings (SSSR count). The summed E-state index contributed by atoms with van der Waals surface area (Å²) in [5, 5.41) is 17.1. The normalized spacial score (nSPS) is 10.2. The fraction of sp³-hybridized carbons (Fsp3) is 0. The van der Waals surface area contributed by atoms with E-state index in [1.165, 1.54) is 23.6 Å². The zero-order valence-corrected chi connectivity index (χ0v) is 12.0. The molecular weight excluding hydrogens is 302 g/mol. The predicted molar refractivity (Wildman–Crippen MR) is 83.9 cm³/mol. The molecule has 7 nitrogen and oxygen atoms in total. The Hall–Kier alpha value is -3.00. The van der Waals surface area contributed by atoms with E-state index in [-0.39, 0.29) is 11.6 Å². The number of urea groups is 1. The van der Waals surface area contributed by atoms with Crippen LogP contribution >= 0.6 is 11.3 Å². The van der Waals surface area contributed by atoms with Crippen molar-refractivity contribution in [1.82, 2.24) is 15.0 Å². The van der Waals surface area contributed by atoms with Gasteiger partial charge < -0.3 is 5.11 Å². The number of thiazole rings is 1. The molecule has 3 heterocycles. The maximum atomic E-state index is 11.9. The molecule has 0 atom stereocenters. The number of carbonyl (C=O) groups excluding carboxylic acids is 1. The van der Waals surface area contributed by atoms with Crippen molar-refractivity contribution in [2.75, 3.05) is 10.6 Å². The number of nitrogens with zero attached hydrogens (tertiary/aromatic N) is 3. The number of aromatic nitrogens is 3. The Morgan fingerprint density at radius 1 is 1.18 bits per heavy atom. The lowest BCUT2D eigenvalue weighted by atomic mass is 10.3. The lowest BCUT2D eigenvalue weighted by molar-refractivity contribution is 0.262.